The van der Waals surface area contributed by atoms with Crippen LogP contribution in [0.15, 0.2) is 35.1 Å². The minimum atomic E-state index is -1.12. The molecule has 104 valence electrons. The van der Waals surface area contributed by atoms with E-state index in [4.69, 9.17) is 9.52 Å². The summed E-state index contributed by atoms with van der Waals surface area (Å²) in [6.07, 6.45) is 1.23. The largest absolute Gasteiger partial charge is 0.480 e. The van der Waals surface area contributed by atoms with Crippen molar-refractivity contribution in [1.82, 2.24) is 10.2 Å². The van der Waals surface area contributed by atoms with Crippen molar-refractivity contribution in [2.75, 3.05) is 18.5 Å². The average Bonchev–Trinajstić information content (AvgIpc) is 2.93. The summed E-state index contributed by atoms with van der Waals surface area (Å²) in [7, 11) is 0. The lowest BCUT2D eigenvalue weighted by atomic mass is 10.2. The summed E-state index contributed by atoms with van der Waals surface area (Å²) in [6, 6.07) is 6.74. The van der Waals surface area contributed by atoms with Gasteiger partial charge in [0.25, 0.3) is 0 Å². The van der Waals surface area contributed by atoms with Gasteiger partial charge in [-0.3, -0.25) is 4.79 Å². The molecule has 0 radical (unpaired) electrons. The van der Waals surface area contributed by atoms with Crippen LogP contribution in [0.5, 0.6) is 0 Å². The van der Waals surface area contributed by atoms with Gasteiger partial charge in [-0.15, -0.1) is 10.2 Å². The number of carbonyl (C=O) groups excluding carboxylic acids is 1. The van der Waals surface area contributed by atoms with Crippen LogP contribution in [0, 0.1) is 0 Å². The van der Waals surface area contributed by atoms with E-state index in [1.54, 1.807) is 24.3 Å². The van der Waals surface area contributed by atoms with Crippen LogP contribution in [0.1, 0.15) is 0 Å². The van der Waals surface area contributed by atoms with Crippen LogP contribution >= 0.6 is 0 Å². The summed E-state index contributed by atoms with van der Waals surface area (Å²) in [4.78, 5) is 21.7. The first-order chi connectivity index (χ1) is 9.65. The van der Waals surface area contributed by atoms with Crippen molar-refractivity contribution in [1.29, 1.82) is 0 Å². The predicted octanol–water partition coefficient (Wildman–Crippen LogP) is 0.776. The first-order valence-corrected chi connectivity index (χ1v) is 5.61. The molecular weight excluding hydrogens is 266 g/mol. The van der Waals surface area contributed by atoms with Gasteiger partial charge in [0.15, 0.2) is 0 Å². The number of anilines is 1. The molecule has 0 unspecified atom stereocenters. The molecule has 1 aromatic heterocycles. The summed E-state index contributed by atoms with van der Waals surface area (Å²) in [5.74, 6) is -1.17. The summed E-state index contributed by atoms with van der Waals surface area (Å²) in [5.41, 5.74) is 1.28. The van der Waals surface area contributed by atoms with Gasteiger partial charge in [0.05, 0.1) is 0 Å². The molecule has 1 aromatic carbocycles. The summed E-state index contributed by atoms with van der Waals surface area (Å²) in [5, 5.41) is 18.2. The molecule has 1 amide bonds. The second kappa shape index (κ2) is 6.43. The van der Waals surface area contributed by atoms with Crippen LogP contribution in [0.2, 0.25) is 0 Å². The third kappa shape index (κ3) is 3.89. The number of carboxylic acids is 1. The highest BCUT2D eigenvalue weighted by atomic mass is 16.5. The maximum atomic E-state index is 11.4. The highest BCUT2D eigenvalue weighted by Gasteiger charge is 2.06. The van der Waals surface area contributed by atoms with Crippen molar-refractivity contribution < 1.29 is 23.8 Å². The van der Waals surface area contributed by atoms with Crippen molar-refractivity contribution in [3.63, 3.8) is 0 Å². The van der Waals surface area contributed by atoms with Crippen molar-refractivity contribution >= 4 is 17.6 Å². The number of hydrogen-bond donors (Lipinski definition) is 2. The fourth-order valence-electron chi connectivity index (χ4n) is 1.42. The molecule has 2 aromatic rings. The molecule has 20 heavy (non-hydrogen) atoms. The summed E-state index contributed by atoms with van der Waals surface area (Å²) >= 11 is 0. The molecule has 0 bridgehead atoms. The number of aliphatic carboxylic acids is 1. The van der Waals surface area contributed by atoms with Crippen LogP contribution in [0.3, 0.4) is 0 Å². The average molecular weight is 277 g/mol. The Bertz CT molecular complexity index is 580. The Morgan fingerprint density at radius 3 is 2.60 bits per heavy atom. The molecule has 1 heterocycles. The van der Waals surface area contributed by atoms with Gasteiger partial charge in [-0.25, -0.2) is 4.79 Å². The minimum Gasteiger partial charge on any atom is -0.480 e. The van der Waals surface area contributed by atoms with Gasteiger partial charge in [-0.1, -0.05) is 0 Å². The molecule has 0 aliphatic rings. The van der Waals surface area contributed by atoms with Crippen LogP contribution in [-0.4, -0.2) is 40.4 Å². The molecule has 8 nitrogen and oxygen atoms in total. The highest BCUT2D eigenvalue weighted by molar-refractivity contribution is 5.92. The lowest BCUT2D eigenvalue weighted by molar-refractivity contribution is -0.143. The summed E-state index contributed by atoms with van der Waals surface area (Å²) < 4.78 is 9.70. The number of carboxylic acid groups (broad SMARTS) is 1. The van der Waals surface area contributed by atoms with E-state index < -0.39 is 18.5 Å². The normalized spacial score (nSPS) is 10.2. The Morgan fingerprint density at radius 1 is 1.25 bits per heavy atom. The van der Waals surface area contributed by atoms with E-state index in [0.717, 1.165) is 5.56 Å². The molecule has 0 fully saturated rings. The van der Waals surface area contributed by atoms with Gasteiger partial charge in [0, 0.05) is 11.3 Å². The molecule has 0 aliphatic carbocycles. The molecule has 2 N–H and O–H groups in total. The van der Waals surface area contributed by atoms with E-state index in [-0.39, 0.29) is 6.61 Å². The number of amides is 1. The van der Waals surface area contributed by atoms with E-state index in [1.807, 2.05) is 0 Å². The third-order valence-corrected chi connectivity index (χ3v) is 2.23. The number of carbonyl (C=O) groups is 2. The Labute approximate surface area is 113 Å². The number of nitrogens with zero attached hydrogens (tertiary/aromatic N) is 2. The number of hydrogen-bond acceptors (Lipinski definition) is 6. The Kier molecular flexibility index (Phi) is 4.40. The zero-order chi connectivity index (χ0) is 14.4. The van der Waals surface area contributed by atoms with E-state index in [9.17, 15) is 9.59 Å². The van der Waals surface area contributed by atoms with Crippen LogP contribution < -0.4 is 5.32 Å². The van der Waals surface area contributed by atoms with Gasteiger partial charge in [-0.2, -0.15) is 0 Å². The zero-order valence-corrected chi connectivity index (χ0v) is 10.3. The van der Waals surface area contributed by atoms with Crippen LogP contribution in [0.25, 0.3) is 11.5 Å². The van der Waals surface area contributed by atoms with E-state index in [1.165, 1.54) is 6.39 Å². The molecule has 0 aliphatic heterocycles. The molecule has 2 rings (SSSR count). The Balaban J connectivity index is 1.87. The van der Waals surface area contributed by atoms with Gasteiger partial charge in [0.1, 0.15) is 13.2 Å². The van der Waals surface area contributed by atoms with Crippen LogP contribution in [0.4, 0.5) is 5.69 Å². The highest BCUT2D eigenvalue weighted by Crippen LogP contribution is 2.18. The number of rotatable bonds is 6. The number of benzene rings is 1. The van der Waals surface area contributed by atoms with Crippen molar-refractivity contribution in [3.8, 4) is 11.5 Å². The molecule has 8 heteroatoms. The second-order valence-electron chi connectivity index (χ2n) is 3.76. The lowest BCUT2D eigenvalue weighted by Gasteiger charge is -2.05. The zero-order valence-electron chi connectivity index (χ0n) is 10.3. The molecular formula is C12H11N3O5. The fourth-order valence-corrected chi connectivity index (χ4v) is 1.42. The molecule has 0 saturated heterocycles. The smallest absolute Gasteiger partial charge is 0.329 e. The Hall–Kier alpha value is -2.74. The SMILES string of the molecule is O=C(O)COCC(=O)Nc1ccc(-c2nnco2)cc1. The van der Waals surface area contributed by atoms with Gasteiger partial charge in [0.2, 0.25) is 18.2 Å². The number of ether oxygens (including phenoxy) is 1. The van der Waals surface area contributed by atoms with Crippen molar-refractivity contribution in [2.45, 2.75) is 0 Å². The maximum absolute atomic E-state index is 11.4. The second-order valence-corrected chi connectivity index (χ2v) is 3.76. The lowest BCUT2D eigenvalue weighted by Crippen LogP contribution is -2.20. The molecule has 0 saturated carbocycles. The predicted molar refractivity (Wildman–Crippen MR) is 66.8 cm³/mol. The quantitative estimate of drug-likeness (QED) is 0.801. The van der Waals surface area contributed by atoms with E-state index >= 15 is 0 Å². The van der Waals surface area contributed by atoms with Crippen LogP contribution in [-0.2, 0) is 14.3 Å². The van der Waals surface area contributed by atoms with E-state index in [2.05, 4.69) is 20.3 Å². The minimum absolute atomic E-state index is 0.322. The first-order valence-electron chi connectivity index (χ1n) is 5.61. The van der Waals surface area contributed by atoms with Gasteiger partial charge < -0.3 is 19.6 Å². The maximum Gasteiger partial charge on any atom is 0.329 e. The Morgan fingerprint density at radius 2 is 2.00 bits per heavy atom. The fraction of sp³-hybridized carbons (Fsp3) is 0.167. The molecule has 0 atom stereocenters. The van der Waals surface area contributed by atoms with Crippen molar-refractivity contribution in [2.24, 2.45) is 0 Å². The first kappa shape index (κ1) is 13.7. The number of aromatic nitrogens is 2. The molecule has 0 spiro atoms. The monoisotopic (exact) mass is 277 g/mol. The van der Waals surface area contributed by atoms with Gasteiger partial charge in [-0.05, 0) is 24.3 Å². The number of nitrogens with one attached hydrogen (secondary N) is 1. The summed E-state index contributed by atoms with van der Waals surface area (Å²) in [6.45, 7) is -0.832. The van der Waals surface area contributed by atoms with Crippen molar-refractivity contribution in [3.05, 3.63) is 30.7 Å². The topological polar surface area (TPSA) is 115 Å². The van der Waals surface area contributed by atoms with E-state index in [0.29, 0.717) is 11.6 Å². The third-order valence-electron chi connectivity index (χ3n) is 2.23. The standard InChI is InChI=1S/C12H11N3O5/c16-10(5-19-6-11(17)18)14-9-3-1-8(2-4-9)12-15-13-7-20-12/h1-4,7H,5-6H2,(H,14,16)(H,17,18). The van der Waals surface area contributed by atoms with Gasteiger partial charge >= 0.3 is 5.97 Å².